The van der Waals surface area contributed by atoms with E-state index in [0.29, 0.717) is 5.82 Å². The average molecular weight is 281 g/mol. The Kier molecular flexibility index (Phi) is 3.52. The first-order valence-electron chi connectivity index (χ1n) is 7.13. The molecule has 0 atom stereocenters. The summed E-state index contributed by atoms with van der Waals surface area (Å²) in [4.78, 5) is 4.52. The minimum Gasteiger partial charge on any atom is -0.496 e. The van der Waals surface area contributed by atoms with Gasteiger partial charge in [-0.3, -0.25) is 0 Å². The third kappa shape index (κ3) is 2.23. The second-order valence-electron chi connectivity index (χ2n) is 5.04. The van der Waals surface area contributed by atoms with Crippen LogP contribution >= 0.6 is 0 Å². The predicted octanol–water partition coefficient (Wildman–Crippen LogP) is 3.70. The molecule has 2 N–H and O–H groups in total. The number of benzene rings is 2. The van der Waals surface area contributed by atoms with Crippen molar-refractivity contribution in [2.24, 2.45) is 0 Å². The largest absolute Gasteiger partial charge is 0.496 e. The maximum atomic E-state index is 6.28. The van der Waals surface area contributed by atoms with Crippen molar-refractivity contribution in [3.63, 3.8) is 0 Å². The van der Waals surface area contributed by atoms with Crippen molar-refractivity contribution >= 4 is 16.6 Å². The summed E-state index contributed by atoms with van der Waals surface area (Å²) < 4.78 is 7.51. The van der Waals surface area contributed by atoms with Gasteiger partial charge in [0, 0.05) is 6.54 Å². The van der Waals surface area contributed by atoms with Gasteiger partial charge in [0.25, 0.3) is 0 Å². The number of hydrogen-bond acceptors (Lipinski definition) is 3. The van der Waals surface area contributed by atoms with Crippen LogP contribution < -0.4 is 10.5 Å². The van der Waals surface area contributed by atoms with Crippen molar-refractivity contribution in [3.05, 3.63) is 42.7 Å². The van der Waals surface area contributed by atoms with Gasteiger partial charge in [0.05, 0.1) is 19.0 Å². The number of nitrogens with zero attached hydrogens (tertiary/aromatic N) is 2. The summed E-state index contributed by atoms with van der Waals surface area (Å²) in [5, 5.41) is 2.25. The Labute approximate surface area is 124 Å². The zero-order valence-electron chi connectivity index (χ0n) is 12.3. The highest BCUT2D eigenvalue weighted by Gasteiger charge is 2.17. The molecule has 0 saturated heterocycles. The standard InChI is InChI=1S/C17H19N3O/c1-3-10-20-11-19-16(17(20)18)15-13-7-5-4-6-12(13)8-9-14(15)21-2/h4-9,11H,3,10,18H2,1-2H3. The maximum absolute atomic E-state index is 6.28. The molecule has 0 aliphatic carbocycles. The van der Waals surface area contributed by atoms with Crippen LogP contribution in [0.4, 0.5) is 5.82 Å². The molecule has 0 unspecified atom stereocenters. The molecule has 3 rings (SSSR count). The van der Waals surface area contributed by atoms with Gasteiger partial charge in [-0.15, -0.1) is 0 Å². The first kappa shape index (κ1) is 13.5. The number of hydrogen-bond donors (Lipinski definition) is 1. The third-order valence-corrected chi connectivity index (χ3v) is 3.69. The normalized spacial score (nSPS) is 11.0. The van der Waals surface area contributed by atoms with Crippen LogP contribution in [0.15, 0.2) is 42.7 Å². The molecule has 1 aromatic heterocycles. The zero-order valence-corrected chi connectivity index (χ0v) is 12.3. The summed E-state index contributed by atoms with van der Waals surface area (Å²) in [5.41, 5.74) is 8.03. The zero-order chi connectivity index (χ0) is 14.8. The molecule has 2 aromatic carbocycles. The molecule has 21 heavy (non-hydrogen) atoms. The van der Waals surface area contributed by atoms with Crippen molar-refractivity contribution in [1.29, 1.82) is 0 Å². The van der Waals surface area contributed by atoms with E-state index >= 15 is 0 Å². The van der Waals surface area contributed by atoms with E-state index in [1.165, 1.54) is 0 Å². The van der Waals surface area contributed by atoms with Gasteiger partial charge in [-0.1, -0.05) is 37.3 Å². The lowest BCUT2D eigenvalue weighted by Gasteiger charge is -2.11. The lowest BCUT2D eigenvalue weighted by atomic mass is 10.0. The number of fused-ring (bicyclic) bond motifs is 1. The van der Waals surface area contributed by atoms with E-state index in [-0.39, 0.29) is 0 Å². The number of aryl methyl sites for hydroxylation is 1. The van der Waals surface area contributed by atoms with Crippen LogP contribution in [-0.2, 0) is 6.54 Å². The van der Waals surface area contributed by atoms with Gasteiger partial charge in [0.2, 0.25) is 0 Å². The highest BCUT2D eigenvalue weighted by atomic mass is 16.5. The fourth-order valence-electron chi connectivity index (χ4n) is 2.67. The highest BCUT2D eigenvalue weighted by Crippen LogP contribution is 2.38. The molecule has 4 heteroatoms. The van der Waals surface area contributed by atoms with E-state index < -0.39 is 0 Å². The Morgan fingerprint density at radius 2 is 2.00 bits per heavy atom. The number of aromatic nitrogens is 2. The summed E-state index contributed by atoms with van der Waals surface area (Å²) in [7, 11) is 1.67. The summed E-state index contributed by atoms with van der Waals surface area (Å²) in [6.45, 7) is 2.99. The maximum Gasteiger partial charge on any atom is 0.131 e. The van der Waals surface area contributed by atoms with Crippen LogP contribution in [0.2, 0.25) is 0 Å². The SMILES string of the molecule is CCCn1cnc(-c2c(OC)ccc3ccccc23)c1N. The molecule has 0 aliphatic rings. The quantitative estimate of drug-likeness (QED) is 0.793. The average Bonchev–Trinajstić information content (AvgIpc) is 2.87. The summed E-state index contributed by atoms with van der Waals surface area (Å²) in [6, 6.07) is 12.2. The number of imidazole rings is 1. The van der Waals surface area contributed by atoms with Gasteiger partial charge in [0.1, 0.15) is 17.3 Å². The Morgan fingerprint density at radius 1 is 1.19 bits per heavy atom. The fourth-order valence-corrected chi connectivity index (χ4v) is 2.67. The van der Waals surface area contributed by atoms with Crippen molar-refractivity contribution in [1.82, 2.24) is 9.55 Å². The summed E-state index contributed by atoms with van der Waals surface area (Å²) >= 11 is 0. The molecule has 108 valence electrons. The van der Waals surface area contributed by atoms with Crippen LogP contribution in [0.25, 0.3) is 22.0 Å². The van der Waals surface area contributed by atoms with Crippen molar-refractivity contribution in [2.45, 2.75) is 19.9 Å². The lowest BCUT2D eigenvalue weighted by molar-refractivity contribution is 0.417. The van der Waals surface area contributed by atoms with E-state index in [9.17, 15) is 0 Å². The van der Waals surface area contributed by atoms with Crippen molar-refractivity contribution in [3.8, 4) is 17.0 Å². The topological polar surface area (TPSA) is 53.1 Å². The van der Waals surface area contributed by atoms with Gasteiger partial charge >= 0.3 is 0 Å². The van der Waals surface area contributed by atoms with Crippen molar-refractivity contribution < 1.29 is 4.74 Å². The van der Waals surface area contributed by atoms with E-state index in [2.05, 4.69) is 30.1 Å². The van der Waals surface area contributed by atoms with Crippen LogP contribution in [0.3, 0.4) is 0 Å². The van der Waals surface area contributed by atoms with E-state index in [4.69, 9.17) is 10.5 Å². The monoisotopic (exact) mass is 281 g/mol. The fraction of sp³-hybridized carbons (Fsp3) is 0.235. The number of methoxy groups -OCH3 is 1. The van der Waals surface area contributed by atoms with Gasteiger partial charge in [0.15, 0.2) is 0 Å². The number of nitrogens with two attached hydrogens (primary N) is 1. The molecule has 0 radical (unpaired) electrons. The Hall–Kier alpha value is -2.49. The van der Waals surface area contributed by atoms with Gasteiger partial charge in [-0.2, -0.15) is 0 Å². The molecule has 1 heterocycles. The van der Waals surface area contributed by atoms with Crippen LogP contribution in [-0.4, -0.2) is 16.7 Å². The van der Waals surface area contributed by atoms with Crippen LogP contribution in [0.5, 0.6) is 5.75 Å². The molecule has 0 saturated carbocycles. The molecule has 0 bridgehead atoms. The molecular formula is C17H19N3O. The second kappa shape index (κ2) is 5.48. The van der Waals surface area contributed by atoms with Crippen molar-refractivity contribution in [2.75, 3.05) is 12.8 Å². The lowest BCUT2D eigenvalue weighted by Crippen LogP contribution is -2.02. The highest BCUT2D eigenvalue weighted by molar-refractivity contribution is 6.00. The minimum atomic E-state index is 0.687. The number of nitrogen functional groups attached to an aromatic ring is 1. The van der Waals surface area contributed by atoms with E-state index in [0.717, 1.165) is 40.7 Å². The number of ether oxygens (including phenoxy) is 1. The molecule has 0 amide bonds. The number of anilines is 1. The predicted molar refractivity (Wildman–Crippen MR) is 86.4 cm³/mol. The third-order valence-electron chi connectivity index (χ3n) is 3.69. The first-order valence-corrected chi connectivity index (χ1v) is 7.13. The Balaban J connectivity index is 2.28. The molecule has 0 fully saturated rings. The summed E-state index contributed by atoms with van der Waals surface area (Å²) in [5.74, 6) is 1.48. The molecule has 3 aromatic rings. The Morgan fingerprint density at radius 3 is 2.76 bits per heavy atom. The molecule has 0 aliphatic heterocycles. The van der Waals surface area contributed by atoms with E-state index in [1.54, 1.807) is 13.4 Å². The first-order chi connectivity index (χ1) is 10.3. The van der Waals surface area contributed by atoms with Crippen LogP contribution in [0, 0.1) is 0 Å². The smallest absolute Gasteiger partial charge is 0.131 e. The van der Waals surface area contributed by atoms with Crippen LogP contribution in [0.1, 0.15) is 13.3 Å². The van der Waals surface area contributed by atoms with Gasteiger partial charge in [-0.05, 0) is 23.3 Å². The molecular weight excluding hydrogens is 262 g/mol. The van der Waals surface area contributed by atoms with Gasteiger partial charge < -0.3 is 15.0 Å². The number of rotatable bonds is 4. The Bertz CT molecular complexity index is 777. The van der Waals surface area contributed by atoms with E-state index in [1.807, 2.05) is 22.8 Å². The molecule has 0 spiro atoms. The minimum absolute atomic E-state index is 0.687. The second-order valence-corrected chi connectivity index (χ2v) is 5.04. The summed E-state index contributed by atoms with van der Waals surface area (Å²) in [6.07, 6.45) is 2.82. The molecule has 4 nitrogen and oxygen atoms in total. The van der Waals surface area contributed by atoms with Gasteiger partial charge in [-0.25, -0.2) is 4.98 Å².